The van der Waals surface area contributed by atoms with Gasteiger partial charge in [0.1, 0.15) is 5.82 Å². The molecule has 1 aliphatic rings. The topological polar surface area (TPSA) is 61.4 Å². The van der Waals surface area contributed by atoms with E-state index in [1.54, 1.807) is 12.3 Å². The van der Waals surface area contributed by atoms with Crippen LogP contribution in [0, 0.1) is 5.82 Å². The first-order valence-corrected chi connectivity index (χ1v) is 13.1. The molecule has 6 nitrogen and oxygen atoms in total. The summed E-state index contributed by atoms with van der Waals surface area (Å²) in [6.07, 6.45) is 3.88. The Hall–Kier alpha value is -4.36. The molecule has 0 unspecified atom stereocenters. The third-order valence-corrected chi connectivity index (χ3v) is 6.93. The van der Waals surface area contributed by atoms with Crippen molar-refractivity contribution >= 4 is 23.1 Å². The van der Waals surface area contributed by atoms with Crippen LogP contribution >= 0.6 is 0 Å². The number of rotatable bonds is 9. The van der Waals surface area contributed by atoms with Crippen LogP contribution in [0.3, 0.4) is 0 Å². The number of nitrogens with zero attached hydrogens (tertiary/aromatic N) is 4. The minimum absolute atomic E-state index is 0.0441. The number of piperazine rings is 1. The van der Waals surface area contributed by atoms with E-state index in [9.17, 15) is 9.18 Å². The molecule has 1 N–H and O–H groups in total. The predicted molar refractivity (Wildman–Crippen MR) is 155 cm³/mol. The number of anilines is 3. The van der Waals surface area contributed by atoms with Crippen molar-refractivity contribution < 1.29 is 9.18 Å². The number of benzene rings is 3. The average molecular weight is 522 g/mol. The fourth-order valence-corrected chi connectivity index (χ4v) is 4.79. The molecular weight excluding hydrogens is 489 g/mol. The lowest BCUT2D eigenvalue weighted by Crippen LogP contribution is -2.44. The Morgan fingerprint density at radius 3 is 2.56 bits per heavy atom. The Bertz CT molecular complexity index is 1480. The highest BCUT2D eigenvalue weighted by atomic mass is 19.1. The molecule has 0 aliphatic carbocycles. The van der Waals surface area contributed by atoms with Gasteiger partial charge in [-0.15, -0.1) is 0 Å². The monoisotopic (exact) mass is 521 g/mol. The molecule has 0 atom stereocenters. The summed E-state index contributed by atoms with van der Waals surface area (Å²) >= 11 is 0. The zero-order valence-corrected chi connectivity index (χ0v) is 22.1. The third-order valence-electron chi connectivity index (χ3n) is 6.93. The van der Waals surface area contributed by atoms with Gasteiger partial charge < -0.3 is 15.1 Å². The summed E-state index contributed by atoms with van der Waals surface area (Å²) in [5.41, 5.74) is 6.24. The minimum atomic E-state index is -0.279. The molecule has 3 aromatic carbocycles. The van der Waals surface area contributed by atoms with Gasteiger partial charge in [0.15, 0.2) is 5.78 Å². The summed E-state index contributed by atoms with van der Waals surface area (Å²) in [6.45, 7) is 7.63. The van der Waals surface area contributed by atoms with Crippen molar-refractivity contribution in [2.75, 3.05) is 43.4 Å². The summed E-state index contributed by atoms with van der Waals surface area (Å²) in [7, 11) is 2.15. The Morgan fingerprint density at radius 2 is 1.77 bits per heavy atom. The number of hydrogen-bond acceptors (Lipinski definition) is 6. The molecule has 0 spiro atoms. The molecule has 0 bridgehead atoms. The van der Waals surface area contributed by atoms with Crippen LogP contribution in [0.2, 0.25) is 0 Å². The Labute approximate surface area is 228 Å². The number of carbonyl (C=O) groups is 1. The van der Waals surface area contributed by atoms with Crippen molar-refractivity contribution in [3.05, 3.63) is 114 Å². The van der Waals surface area contributed by atoms with Gasteiger partial charge in [-0.2, -0.15) is 0 Å². The van der Waals surface area contributed by atoms with Crippen LogP contribution in [-0.2, 0) is 17.6 Å². The quantitative estimate of drug-likeness (QED) is 0.287. The highest BCUT2D eigenvalue weighted by Crippen LogP contribution is 2.28. The molecule has 4 aromatic rings. The number of carbonyl (C=O) groups excluding carboxylic acids is 1. The van der Waals surface area contributed by atoms with Gasteiger partial charge in [0.2, 0.25) is 5.95 Å². The van der Waals surface area contributed by atoms with E-state index in [1.807, 2.05) is 42.5 Å². The maximum Gasteiger partial charge on any atom is 0.227 e. The van der Waals surface area contributed by atoms with Crippen LogP contribution in [0.25, 0.3) is 11.3 Å². The third kappa shape index (κ3) is 6.75. The van der Waals surface area contributed by atoms with Crippen molar-refractivity contribution in [1.29, 1.82) is 0 Å². The van der Waals surface area contributed by atoms with Gasteiger partial charge in [-0.05, 0) is 60.6 Å². The lowest BCUT2D eigenvalue weighted by atomic mass is 9.98. The van der Waals surface area contributed by atoms with Crippen LogP contribution in [0.1, 0.15) is 16.7 Å². The van der Waals surface area contributed by atoms with Crippen molar-refractivity contribution in [2.45, 2.75) is 12.8 Å². The molecule has 1 fully saturated rings. The molecule has 1 aliphatic heterocycles. The van der Waals surface area contributed by atoms with Crippen molar-refractivity contribution in [2.24, 2.45) is 0 Å². The van der Waals surface area contributed by atoms with E-state index in [0.717, 1.165) is 65.5 Å². The molecule has 0 saturated carbocycles. The summed E-state index contributed by atoms with van der Waals surface area (Å²) in [5, 5.41) is 3.37. The van der Waals surface area contributed by atoms with E-state index in [2.05, 4.69) is 45.9 Å². The number of hydrogen-bond donors (Lipinski definition) is 1. The molecule has 0 radical (unpaired) electrons. The molecule has 2 heterocycles. The first-order chi connectivity index (χ1) is 19.0. The summed E-state index contributed by atoms with van der Waals surface area (Å²) in [6, 6.07) is 22.6. The highest BCUT2D eigenvalue weighted by molar-refractivity contribution is 5.91. The molecule has 5 rings (SSSR count). The van der Waals surface area contributed by atoms with Gasteiger partial charge in [0.05, 0.1) is 5.69 Å². The Balaban J connectivity index is 1.46. The smallest absolute Gasteiger partial charge is 0.227 e. The number of likely N-dealkylation sites (N-methyl/N-ethyl adjacent to an activating group) is 1. The van der Waals surface area contributed by atoms with Gasteiger partial charge in [-0.25, -0.2) is 14.4 Å². The lowest BCUT2D eigenvalue weighted by molar-refractivity contribution is -0.114. The molecule has 39 heavy (non-hydrogen) atoms. The van der Waals surface area contributed by atoms with E-state index in [-0.39, 0.29) is 18.0 Å². The fraction of sp³-hybridized carbons (Fsp3) is 0.219. The van der Waals surface area contributed by atoms with Gasteiger partial charge >= 0.3 is 0 Å². The van der Waals surface area contributed by atoms with Crippen molar-refractivity contribution in [1.82, 2.24) is 14.9 Å². The van der Waals surface area contributed by atoms with Gasteiger partial charge in [0, 0.05) is 67.7 Å². The normalized spacial score (nSPS) is 13.7. The molecule has 7 heteroatoms. The van der Waals surface area contributed by atoms with Crippen molar-refractivity contribution in [3.63, 3.8) is 0 Å². The zero-order chi connectivity index (χ0) is 27.2. The summed E-state index contributed by atoms with van der Waals surface area (Å²) in [5.74, 6) is 0.145. The molecule has 1 aromatic heterocycles. The predicted octanol–water partition coefficient (Wildman–Crippen LogP) is 5.67. The largest absolute Gasteiger partial charge is 0.369 e. The molecule has 1 saturated heterocycles. The number of ketones is 1. The highest BCUT2D eigenvalue weighted by Gasteiger charge is 2.16. The Kier molecular flexibility index (Phi) is 8.08. The molecular formula is C32H32FN5O. The second-order valence-corrected chi connectivity index (χ2v) is 9.89. The second-order valence-electron chi connectivity index (χ2n) is 9.89. The van der Waals surface area contributed by atoms with E-state index in [1.165, 1.54) is 18.2 Å². The minimum Gasteiger partial charge on any atom is -0.369 e. The van der Waals surface area contributed by atoms with E-state index >= 15 is 0 Å². The lowest BCUT2D eigenvalue weighted by Gasteiger charge is -2.34. The van der Waals surface area contributed by atoms with Crippen LogP contribution in [-0.4, -0.2) is 53.9 Å². The SMILES string of the molecule is C=CC(=O)Cc1cccc(-c2nc(Nc3cccc(N4CCN(C)CC4)c3)ncc2Cc2cccc(F)c2)c1. The first kappa shape index (κ1) is 26.3. The summed E-state index contributed by atoms with van der Waals surface area (Å²) in [4.78, 5) is 26.2. The van der Waals surface area contributed by atoms with Crippen LogP contribution in [0.5, 0.6) is 0 Å². The fourth-order valence-electron chi connectivity index (χ4n) is 4.79. The van der Waals surface area contributed by atoms with E-state index in [0.29, 0.717) is 12.4 Å². The number of halogens is 1. The standard InChI is InChI=1S/C32H32FN5O/c1-3-30(39)20-24-7-4-9-25(17-24)31-26(18-23-8-5-10-27(33)19-23)22-34-32(36-31)35-28-11-6-12-29(21-28)38-15-13-37(2)14-16-38/h3-12,17,19,21-22H,1,13-16,18,20H2,2H3,(H,34,35,36). The van der Waals surface area contributed by atoms with Crippen LogP contribution in [0.4, 0.5) is 21.7 Å². The summed E-state index contributed by atoms with van der Waals surface area (Å²) < 4.78 is 13.9. The first-order valence-electron chi connectivity index (χ1n) is 13.1. The molecule has 0 amide bonds. The second kappa shape index (κ2) is 12.0. The number of aromatic nitrogens is 2. The maximum atomic E-state index is 13.9. The van der Waals surface area contributed by atoms with Gasteiger partial charge in [0.25, 0.3) is 0 Å². The zero-order valence-electron chi connectivity index (χ0n) is 22.1. The van der Waals surface area contributed by atoms with Gasteiger partial charge in [-0.3, -0.25) is 4.79 Å². The number of allylic oxidation sites excluding steroid dienone is 1. The average Bonchev–Trinajstić information content (AvgIpc) is 2.94. The number of nitrogens with one attached hydrogen (secondary N) is 1. The van der Waals surface area contributed by atoms with E-state index < -0.39 is 0 Å². The van der Waals surface area contributed by atoms with E-state index in [4.69, 9.17) is 4.98 Å². The van der Waals surface area contributed by atoms with Crippen LogP contribution < -0.4 is 10.2 Å². The van der Waals surface area contributed by atoms with Crippen LogP contribution in [0.15, 0.2) is 91.6 Å². The molecule has 198 valence electrons. The maximum absolute atomic E-state index is 13.9. The van der Waals surface area contributed by atoms with Gasteiger partial charge in [-0.1, -0.05) is 43.0 Å². The van der Waals surface area contributed by atoms with Crippen molar-refractivity contribution in [3.8, 4) is 11.3 Å². The Morgan fingerprint density at radius 1 is 1.00 bits per heavy atom.